The molecule has 16 heavy (non-hydrogen) atoms. The van der Waals surface area contributed by atoms with Crippen molar-refractivity contribution in [1.82, 2.24) is 4.90 Å². The van der Waals surface area contributed by atoms with E-state index in [0.29, 0.717) is 6.04 Å². The number of amides is 1. The van der Waals surface area contributed by atoms with Gasteiger partial charge in [-0.2, -0.15) is 0 Å². The summed E-state index contributed by atoms with van der Waals surface area (Å²) in [6.07, 6.45) is 3.19. The molecular formula is C13H26N2O. The van der Waals surface area contributed by atoms with Gasteiger partial charge in [0.1, 0.15) is 0 Å². The van der Waals surface area contributed by atoms with Crippen LogP contribution in [0.2, 0.25) is 0 Å². The zero-order valence-corrected chi connectivity index (χ0v) is 11.1. The number of rotatable bonds is 3. The van der Waals surface area contributed by atoms with Crippen LogP contribution in [0.3, 0.4) is 0 Å². The molecule has 94 valence electrons. The zero-order chi connectivity index (χ0) is 12.3. The first-order valence-corrected chi connectivity index (χ1v) is 6.53. The predicted molar refractivity (Wildman–Crippen MR) is 67.0 cm³/mol. The Bertz CT molecular complexity index is 242. The summed E-state index contributed by atoms with van der Waals surface area (Å²) in [5.41, 5.74) is 6.01. The minimum atomic E-state index is -0.319. The molecular weight excluding hydrogens is 200 g/mol. The second-order valence-corrected chi connectivity index (χ2v) is 5.42. The van der Waals surface area contributed by atoms with Gasteiger partial charge in [0.2, 0.25) is 5.91 Å². The van der Waals surface area contributed by atoms with E-state index < -0.39 is 0 Å². The number of likely N-dealkylation sites (tertiary alicyclic amines) is 1. The topological polar surface area (TPSA) is 46.3 Å². The third-order valence-electron chi connectivity index (χ3n) is 3.96. The van der Waals surface area contributed by atoms with Gasteiger partial charge in [-0.25, -0.2) is 0 Å². The maximum absolute atomic E-state index is 12.2. The monoisotopic (exact) mass is 226 g/mol. The van der Waals surface area contributed by atoms with Gasteiger partial charge in [0, 0.05) is 12.6 Å². The van der Waals surface area contributed by atoms with Gasteiger partial charge in [0.15, 0.2) is 0 Å². The van der Waals surface area contributed by atoms with E-state index in [1.165, 1.54) is 0 Å². The summed E-state index contributed by atoms with van der Waals surface area (Å²) in [7, 11) is 0. The van der Waals surface area contributed by atoms with Crippen LogP contribution in [0.4, 0.5) is 0 Å². The molecule has 0 aromatic carbocycles. The zero-order valence-electron chi connectivity index (χ0n) is 11.1. The van der Waals surface area contributed by atoms with Crippen LogP contribution in [-0.2, 0) is 4.79 Å². The van der Waals surface area contributed by atoms with Crippen molar-refractivity contribution >= 4 is 5.91 Å². The van der Waals surface area contributed by atoms with Crippen molar-refractivity contribution in [2.75, 3.05) is 6.54 Å². The Morgan fingerprint density at radius 3 is 2.62 bits per heavy atom. The Hall–Kier alpha value is -0.570. The predicted octanol–water partition coefficient (Wildman–Crippen LogP) is 2.01. The molecule has 0 saturated carbocycles. The highest BCUT2D eigenvalue weighted by molar-refractivity contribution is 5.82. The first-order chi connectivity index (χ1) is 7.47. The molecule has 0 aromatic rings. The molecule has 1 aliphatic heterocycles. The Balaban J connectivity index is 2.59. The maximum atomic E-state index is 12.2. The number of nitrogens with two attached hydrogens (primary N) is 1. The standard InChI is InChI=1S/C13H26N2O/c1-5-10(3)12(14)13(16)15-7-6-9(2)8-11(15)4/h9-12H,5-8,14H2,1-4H3. The number of hydrogen-bond acceptors (Lipinski definition) is 2. The number of carbonyl (C=O) groups is 1. The first kappa shape index (κ1) is 13.5. The second-order valence-electron chi connectivity index (χ2n) is 5.42. The minimum Gasteiger partial charge on any atom is -0.339 e. The first-order valence-electron chi connectivity index (χ1n) is 6.53. The van der Waals surface area contributed by atoms with E-state index in [1.54, 1.807) is 0 Å². The SMILES string of the molecule is CCC(C)C(N)C(=O)N1CCC(C)CC1C. The smallest absolute Gasteiger partial charge is 0.239 e. The molecule has 1 fully saturated rings. The number of hydrogen-bond donors (Lipinski definition) is 1. The van der Waals surface area contributed by atoms with Crippen LogP contribution in [0.25, 0.3) is 0 Å². The molecule has 0 aliphatic carbocycles. The van der Waals surface area contributed by atoms with Crippen LogP contribution >= 0.6 is 0 Å². The minimum absolute atomic E-state index is 0.147. The van der Waals surface area contributed by atoms with Crippen LogP contribution in [0.1, 0.15) is 47.0 Å². The summed E-state index contributed by atoms with van der Waals surface area (Å²) in [6.45, 7) is 9.41. The van der Waals surface area contributed by atoms with Gasteiger partial charge in [0.05, 0.1) is 6.04 Å². The van der Waals surface area contributed by atoms with Crippen LogP contribution in [0.15, 0.2) is 0 Å². The molecule has 1 rings (SSSR count). The molecule has 4 unspecified atom stereocenters. The van der Waals surface area contributed by atoms with Gasteiger partial charge in [-0.15, -0.1) is 0 Å². The Morgan fingerprint density at radius 2 is 2.12 bits per heavy atom. The third kappa shape index (κ3) is 2.97. The molecule has 1 aliphatic rings. The lowest BCUT2D eigenvalue weighted by atomic mass is 9.91. The summed E-state index contributed by atoms with van der Waals surface area (Å²) in [5.74, 6) is 1.16. The van der Waals surface area contributed by atoms with E-state index in [9.17, 15) is 4.79 Å². The van der Waals surface area contributed by atoms with Crippen LogP contribution in [0, 0.1) is 11.8 Å². The fourth-order valence-electron chi connectivity index (χ4n) is 2.42. The molecule has 0 spiro atoms. The van der Waals surface area contributed by atoms with Crippen LogP contribution in [-0.4, -0.2) is 29.4 Å². The largest absolute Gasteiger partial charge is 0.339 e. The number of piperidine rings is 1. The molecule has 0 radical (unpaired) electrons. The highest BCUT2D eigenvalue weighted by Crippen LogP contribution is 2.23. The molecule has 1 amide bonds. The van der Waals surface area contributed by atoms with Gasteiger partial charge in [-0.05, 0) is 31.6 Å². The maximum Gasteiger partial charge on any atom is 0.239 e. The average Bonchev–Trinajstić information content (AvgIpc) is 2.26. The van der Waals surface area contributed by atoms with Gasteiger partial charge in [-0.1, -0.05) is 27.2 Å². The van der Waals surface area contributed by atoms with Crippen molar-refractivity contribution in [3.8, 4) is 0 Å². The van der Waals surface area contributed by atoms with E-state index in [-0.39, 0.29) is 17.9 Å². The van der Waals surface area contributed by atoms with Crippen molar-refractivity contribution in [1.29, 1.82) is 0 Å². The summed E-state index contributed by atoms with van der Waals surface area (Å²) in [6, 6.07) is 0.0345. The molecule has 0 bridgehead atoms. The fraction of sp³-hybridized carbons (Fsp3) is 0.923. The molecule has 3 heteroatoms. The third-order valence-corrected chi connectivity index (χ3v) is 3.96. The Labute approximate surface area is 99.4 Å². The molecule has 4 atom stereocenters. The van der Waals surface area contributed by atoms with Crippen LogP contribution < -0.4 is 5.73 Å². The van der Waals surface area contributed by atoms with E-state index in [1.807, 2.05) is 4.90 Å². The summed E-state index contributed by atoms with van der Waals surface area (Å²) >= 11 is 0. The molecule has 2 N–H and O–H groups in total. The summed E-state index contributed by atoms with van der Waals surface area (Å²) in [5, 5.41) is 0. The van der Waals surface area contributed by atoms with Gasteiger partial charge >= 0.3 is 0 Å². The lowest BCUT2D eigenvalue weighted by molar-refractivity contribution is -0.137. The molecule has 0 aromatic heterocycles. The fourth-order valence-corrected chi connectivity index (χ4v) is 2.42. The van der Waals surface area contributed by atoms with Gasteiger partial charge < -0.3 is 10.6 Å². The molecule has 1 heterocycles. The summed E-state index contributed by atoms with van der Waals surface area (Å²) in [4.78, 5) is 14.2. The quantitative estimate of drug-likeness (QED) is 0.800. The van der Waals surface area contributed by atoms with Crippen molar-refractivity contribution in [2.24, 2.45) is 17.6 Å². The van der Waals surface area contributed by atoms with Gasteiger partial charge in [-0.3, -0.25) is 4.79 Å². The second kappa shape index (κ2) is 5.67. The average molecular weight is 226 g/mol. The van der Waals surface area contributed by atoms with Gasteiger partial charge in [0.25, 0.3) is 0 Å². The van der Waals surface area contributed by atoms with Crippen molar-refractivity contribution in [2.45, 2.75) is 59.0 Å². The Kier molecular flexibility index (Phi) is 4.78. The number of carbonyl (C=O) groups excluding carboxylic acids is 1. The number of nitrogens with zero attached hydrogens (tertiary/aromatic N) is 1. The van der Waals surface area contributed by atoms with Crippen molar-refractivity contribution in [3.05, 3.63) is 0 Å². The van der Waals surface area contributed by atoms with E-state index >= 15 is 0 Å². The normalized spacial score (nSPS) is 29.9. The Morgan fingerprint density at radius 1 is 1.50 bits per heavy atom. The highest BCUT2D eigenvalue weighted by Gasteiger charge is 2.31. The van der Waals surface area contributed by atoms with E-state index in [4.69, 9.17) is 5.73 Å². The lowest BCUT2D eigenvalue weighted by Gasteiger charge is -2.38. The van der Waals surface area contributed by atoms with E-state index in [2.05, 4.69) is 27.7 Å². The lowest BCUT2D eigenvalue weighted by Crippen LogP contribution is -2.52. The van der Waals surface area contributed by atoms with Crippen molar-refractivity contribution < 1.29 is 4.79 Å². The highest BCUT2D eigenvalue weighted by atomic mass is 16.2. The van der Waals surface area contributed by atoms with E-state index in [0.717, 1.165) is 31.7 Å². The summed E-state index contributed by atoms with van der Waals surface area (Å²) < 4.78 is 0. The molecule has 1 saturated heterocycles. The van der Waals surface area contributed by atoms with Crippen LogP contribution in [0.5, 0.6) is 0 Å². The molecule has 3 nitrogen and oxygen atoms in total. The van der Waals surface area contributed by atoms with Crippen molar-refractivity contribution in [3.63, 3.8) is 0 Å².